The molecule has 1 aromatic carbocycles. The molecular weight excluding hydrogens is 232 g/mol. The molecule has 1 heterocycles. The summed E-state index contributed by atoms with van der Waals surface area (Å²) in [6.45, 7) is 2.65. The van der Waals surface area contributed by atoms with E-state index in [1.54, 1.807) is 0 Å². The highest BCUT2D eigenvalue weighted by molar-refractivity contribution is 7.85. The average Bonchev–Trinajstić information content (AvgIpc) is 2.21. The molecule has 2 unspecified atom stereocenters. The molecule has 1 N–H and O–H groups in total. The standard InChI is InChI=1S/C11H13F2NOS/c1-2-14-10-3-4-16(15)11-8(10)5-7(12)6-9(11)13/h5-6,10,14H,2-4H2,1H3. The molecule has 0 fully saturated rings. The molecule has 0 saturated heterocycles. The monoisotopic (exact) mass is 245 g/mol. The molecule has 5 heteroatoms. The quantitative estimate of drug-likeness (QED) is 0.864. The van der Waals surface area contributed by atoms with Crippen molar-refractivity contribution in [2.45, 2.75) is 24.3 Å². The predicted octanol–water partition coefficient (Wildman–Crippen LogP) is 2.13. The van der Waals surface area contributed by atoms with Crippen LogP contribution in [0.5, 0.6) is 0 Å². The van der Waals surface area contributed by atoms with Crippen LogP contribution in [0.1, 0.15) is 24.9 Å². The number of halogens is 2. The second kappa shape index (κ2) is 4.59. The normalized spacial score (nSPS) is 24.2. The maximum absolute atomic E-state index is 13.5. The maximum Gasteiger partial charge on any atom is 0.142 e. The zero-order chi connectivity index (χ0) is 11.7. The molecule has 0 radical (unpaired) electrons. The topological polar surface area (TPSA) is 29.1 Å². The van der Waals surface area contributed by atoms with Gasteiger partial charge < -0.3 is 5.32 Å². The number of benzene rings is 1. The largest absolute Gasteiger partial charge is 0.310 e. The Labute approximate surface area is 95.5 Å². The maximum atomic E-state index is 13.5. The van der Waals surface area contributed by atoms with Crippen molar-refractivity contribution in [1.29, 1.82) is 0 Å². The number of rotatable bonds is 2. The Morgan fingerprint density at radius 1 is 1.50 bits per heavy atom. The van der Waals surface area contributed by atoms with Gasteiger partial charge in [-0.15, -0.1) is 0 Å². The molecule has 1 aromatic rings. The van der Waals surface area contributed by atoms with Crippen LogP contribution in [-0.2, 0) is 10.8 Å². The van der Waals surface area contributed by atoms with Crippen molar-refractivity contribution in [1.82, 2.24) is 5.32 Å². The van der Waals surface area contributed by atoms with E-state index in [0.29, 0.717) is 17.7 Å². The minimum atomic E-state index is -1.34. The molecular formula is C11H13F2NOS. The van der Waals surface area contributed by atoms with E-state index in [-0.39, 0.29) is 10.9 Å². The Morgan fingerprint density at radius 2 is 2.25 bits per heavy atom. The van der Waals surface area contributed by atoms with E-state index in [2.05, 4.69) is 5.32 Å². The summed E-state index contributed by atoms with van der Waals surface area (Å²) in [7, 11) is -1.34. The van der Waals surface area contributed by atoms with Crippen molar-refractivity contribution < 1.29 is 13.0 Å². The molecule has 88 valence electrons. The molecule has 0 spiro atoms. The van der Waals surface area contributed by atoms with Crippen LogP contribution in [0, 0.1) is 11.6 Å². The Bertz CT molecular complexity index is 436. The number of hydrogen-bond acceptors (Lipinski definition) is 2. The lowest BCUT2D eigenvalue weighted by molar-refractivity contribution is 0.490. The van der Waals surface area contributed by atoms with Crippen molar-refractivity contribution in [3.8, 4) is 0 Å². The van der Waals surface area contributed by atoms with Crippen molar-refractivity contribution in [3.05, 3.63) is 29.3 Å². The third-order valence-corrected chi connectivity index (χ3v) is 4.18. The molecule has 0 aromatic heterocycles. The van der Waals surface area contributed by atoms with Gasteiger partial charge in [0.2, 0.25) is 0 Å². The van der Waals surface area contributed by atoms with E-state index in [4.69, 9.17) is 0 Å². The fourth-order valence-electron chi connectivity index (χ4n) is 2.02. The second-order valence-corrected chi connectivity index (χ2v) is 5.26. The highest BCUT2D eigenvalue weighted by Gasteiger charge is 2.27. The van der Waals surface area contributed by atoms with Gasteiger partial charge in [0.1, 0.15) is 11.6 Å². The van der Waals surface area contributed by atoms with E-state index in [0.717, 1.165) is 12.6 Å². The van der Waals surface area contributed by atoms with E-state index in [1.807, 2.05) is 6.92 Å². The van der Waals surface area contributed by atoms with Crippen LogP contribution in [0.2, 0.25) is 0 Å². The highest BCUT2D eigenvalue weighted by Crippen LogP contribution is 2.32. The number of nitrogens with one attached hydrogen (secondary N) is 1. The van der Waals surface area contributed by atoms with E-state index < -0.39 is 22.4 Å². The van der Waals surface area contributed by atoms with Crippen molar-refractivity contribution in [3.63, 3.8) is 0 Å². The summed E-state index contributed by atoms with van der Waals surface area (Å²) in [4.78, 5) is 0.165. The molecule has 0 saturated carbocycles. The smallest absolute Gasteiger partial charge is 0.142 e. The molecule has 0 amide bonds. The van der Waals surface area contributed by atoms with Crippen LogP contribution < -0.4 is 5.32 Å². The molecule has 0 aliphatic carbocycles. The van der Waals surface area contributed by atoms with Crippen LogP contribution in [-0.4, -0.2) is 16.5 Å². The van der Waals surface area contributed by atoms with Gasteiger partial charge in [0, 0.05) is 17.9 Å². The van der Waals surface area contributed by atoms with Gasteiger partial charge in [0.05, 0.1) is 15.7 Å². The third kappa shape index (κ3) is 2.01. The lowest BCUT2D eigenvalue weighted by atomic mass is 10.0. The number of fused-ring (bicyclic) bond motifs is 1. The van der Waals surface area contributed by atoms with Gasteiger partial charge in [-0.05, 0) is 24.6 Å². The minimum absolute atomic E-state index is 0.0945. The molecule has 16 heavy (non-hydrogen) atoms. The molecule has 2 atom stereocenters. The summed E-state index contributed by atoms with van der Waals surface area (Å²) in [6.07, 6.45) is 0.649. The van der Waals surface area contributed by atoms with Crippen molar-refractivity contribution in [2.24, 2.45) is 0 Å². The SMILES string of the molecule is CCNC1CCS(=O)c2c(F)cc(F)cc21. The second-order valence-electron chi connectivity index (χ2n) is 3.75. The summed E-state index contributed by atoms with van der Waals surface area (Å²) in [5.41, 5.74) is 0.504. The highest BCUT2D eigenvalue weighted by atomic mass is 32.2. The van der Waals surface area contributed by atoms with Crippen molar-refractivity contribution >= 4 is 10.8 Å². The first-order valence-corrected chi connectivity index (χ1v) is 6.56. The van der Waals surface area contributed by atoms with Gasteiger partial charge in [0.25, 0.3) is 0 Å². The summed E-state index contributed by atoms with van der Waals surface area (Å²) < 4.78 is 38.4. The number of hydrogen-bond donors (Lipinski definition) is 1. The minimum Gasteiger partial charge on any atom is -0.310 e. The lowest BCUT2D eigenvalue weighted by Crippen LogP contribution is -2.28. The zero-order valence-electron chi connectivity index (χ0n) is 8.93. The fourth-order valence-corrected chi connectivity index (χ4v) is 3.41. The fraction of sp³-hybridized carbons (Fsp3) is 0.455. The van der Waals surface area contributed by atoms with Gasteiger partial charge >= 0.3 is 0 Å². The lowest BCUT2D eigenvalue weighted by Gasteiger charge is -2.25. The van der Waals surface area contributed by atoms with Gasteiger partial charge in [-0.1, -0.05) is 6.92 Å². The van der Waals surface area contributed by atoms with E-state index in [9.17, 15) is 13.0 Å². The van der Waals surface area contributed by atoms with Gasteiger partial charge in [-0.2, -0.15) is 0 Å². The first-order chi connectivity index (χ1) is 7.63. The average molecular weight is 245 g/mol. The van der Waals surface area contributed by atoms with Gasteiger partial charge in [-0.25, -0.2) is 8.78 Å². The Kier molecular flexibility index (Phi) is 3.35. The van der Waals surface area contributed by atoms with Crippen LogP contribution in [0.3, 0.4) is 0 Å². The molecule has 2 rings (SSSR count). The van der Waals surface area contributed by atoms with Gasteiger partial charge in [-0.3, -0.25) is 4.21 Å². The molecule has 0 bridgehead atoms. The van der Waals surface area contributed by atoms with Gasteiger partial charge in [0.15, 0.2) is 0 Å². The van der Waals surface area contributed by atoms with Crippen LogP contribution >= 0.6 is 0 Å². The summed E-state index contributed by atoms with van der Waals surface area (Å²) >= 11 is 0. The van der Waals surface area contributed by atoms with Crippen LogP contribution in [0.25, 0.3) is 0 Å². The van der Waals surface area contributed by atoms with E-state index in [1.165, 1.54) is 6.07 Å². The first-order valence-electron chi connectivity index (χ1n) is 5.24. The summed E-state index contributed by atoms with van der Waals surface area (Å²) in [6, 6.07) is 1.98. The Hall–Kier alpha value is -0.810. The zero-order valence-corrected chi connectivity index (χ0v) is 9.74. The predicted molar refractivity (Wildman–Crippen MR) is 58.7 cm³/mol. The third-order valence-electron chi connectivity index (χ3n) is 2.68. The molecule has 2 nitrogen and oxygen atoms in total. The Balaban J connectivity index is 2.52. The molecule has 1 aliphatic rings. The molecule has 1 aliphatic heterocycles. The van der Waals surface area contributed by atoms with Crippen LogP contribution in [0.4, 0.5) is 8.78 Å². The first kappa shape index (κ1) is 11.7. The van der Waals surface area contributed by atoms with Crippen molar-refractivity contribution in [2.75, 3.05) is 12.3 Å². The summed E-state index contributed by atoms with van der Waals surface area (Å²) in [5.74, 6) is -0.887. The van der Waals surface area contributed by atoms with Crippen LogP contribution in [0.15, 0.2) is 17.0 Å². The summed E-state index contributed by atoms with van der Waals surface area (Å²) in [5, 5.41) is 3.15. The Morgan fingerprint density at radius 3 is 2.94 bits per heavy atom. The van der Waals surface area contributed by atoms with E-state index >= 15 is 0 Å².